The van der Waals surface area contributed by atoms with Crippen LogP contribution in [0.15, 0.2) is 97.3 Å². The Bertz CT molecular complexity index is 1040. The molecule has 0 unspecified atom stereocenters. The maximum atomic E-state index is 12.9. The van der Waals surface area contributed by atoms with Gasteiger partial charge in [-0.3, -0.25) is 9.48 Å². The van der Waals surface area contributed by atoms with Crippen molar-refractivity contribution in [1.82, 2.24) is 9.78 Å². The molecule has 4 nitrogen and oxygen atoms in total. The lowest BCUT2D eigenvalue weighted by molar-refractivity contribution is 0.102. The molecular weight excluding hydrogens is 334 g/mol. The Hall–Kier alpha value is -3.66. The van der Waals surface area contributed by atoms with Crippen molar-refractivity contribution in [3.8, 4) is 11.1 Å². The summed E-state index contributed by atoms with van der Waals surface area (Å²) in [6.45, 7) is 0.664. The summed E-state index contributed by atoms with van der Waals surface area (Å²) >= 11 is 0. The van der Waals surface area contributed by atoms with E-state index in [0.29, 0.717) is 12.1 Å². The third-order valence-electron chi connectivity index (χ3n) is 4.35. The van der Waals surface area contributed by atoms with Gasteiger partial charge in [-0.1, -0.05) is 60.7 Å². The van der Waals surface area contributed by atoms with Gasteiger partial charge in [0.1, 0.15) is 0 Å². The van der Waals surface area contributed by atoms with Crippen LogP contribution in [0.1, 0.15) is 15.9 Å². The summed E-state index contributed by atoms with van der Waals surface area (Å²) in [4.78, 5) is 12.9. The quantitative estimate of drug-likeness (QED) is 0.557. The van der Waals surface area contributed by atoms with Crippen LogP contribution in [-0.2, 0) is 6.54 Å². The molecule has 132 valence electrons. The van der Waals surface area contributed by atoms with E-state index >= 15 is 0 Å². The number of carbonyl (C=O) groups excluding carboxylic acids is 1. The van der Waals surface area contributed by atoms with E-state index in [-0.39, 0.29) is 5.91 Å². The first kappa shape index (κ1) is 16.8. The Morgan fingerprint density at radius 2 is 1.70 bits per heavy atom. The Balaban J connectivity index is 1.57. The number of amides is 1. The van der Waals surface area contributed by atoms with E-state index in [1.807, 2.05) is 95.8 Å². The van der Waals surface area contributed by atoms with Crippen LogP contribution in [-0.4, -0.2) is 15.7 Å². The summed E-state index contributed by atoms with van der Waals surface area (Å²) in [7, 11) is 0. The molecule has 4 heteroatoms. The first-order valence-corrected chi connectivity index (χ1v) is 8.82. The Morgan fingerprint density at radius 3 is 2.52 bits per heavy atom. The molecule has 0 spiro atoms. The molecule has 27 heavy (non-hydrogen) atoms. The van der Waals surface area contributed by atoms with Crippen LogP contribution in [0.3, 0.4) is 0 Å². The van der Waals surface area contributed by atoms with E-state index in [2.05, 4.69) is 10.4 Å². The molecule has 0 radical (unpaired) electrons. The highest BCUT2D eigenvalue weighted by Crippen LogP contribution is 2.24. The minimum atomic E-state index is -0.120. The molecule has 1 heterocycles. The third-order valence-corrected chi connectivity index (χ3v) is 4.35. The summed E-state index contributed by atoms with van der Waals surface area (Å²) in [5, 5.41) is 7.24. The molecule has 1 N–H and O–H groups in total. The number of nitrogens with one attached hydrogen (secondary N) is 1. The average molecular weight is 353 g/mol. The van der Waals surface area contributed by atoms with Crippen LogP contribution in [0.4, 0.5) is 5.69 Å². The maximum absolute atomic E-state index is 12.9. The van der Waals surface area contributed by atoms with Gasteiger partial charge in [0.2, 0.25) is 0 Å². The molecule has 0 aliphatic heterocycles. The molecule has 0 bridgehead atoms. The smallest absolute Gasteiger partial charge is 0.256 e. The normalized spacial score (nSPS) is 10.5. The zero-order valence-electron chi connectivity index (χ0n) is 14.7. The maximum Gasteiger partial charge on any atom is 0.256 e. The molecule has 0 saturated heterocycles. The van der Waals surface area contributed by atoms with Gasteiger partial charge in [-0.15, -0.1) is 0 Å². The van der Waals surface area contributed by atoms with Gasteiger partial charge in [-0.05, 0) is 41.0 Å². The van der Waals surface area contributed by atoms with Crippen molar-refractivity contribution in [2.75, 3.05) is 5.32 Å². The predicted molar refractivity (Wildman–Crippen MR) is 108 cm³/mol. The summed E-state index contributed by atoms with van der Waals surface area (Å²) < 4.78 is 1.85. The molecule has 0 atom stereocenters. The molecular formula is C23H19N3O. The zero-order chi connectivity index (χ0) is 18.5. The number of hydrogen-bond acceptors (Lipinski definition) is 2. The van der Waals surface area contributed by atoms with E-state index in [1.54, 1.807) is 6.20 Å². The molecule has 0 saturated carbocycles. The van der Waals surface area contributed by atoms with Crippen LogP contribution in [0, 0.1) is 0 Å². The van der Waals surface area contributed by atoms with Crippen LogP contribution < -0.4 is 5.32 Å². The number of aromatic nitrogens is 2. The van der Waals surface area contributed by atoms with Gasteiger partial charge in [0, 0.05) is 23.6 Å². The van der Waals surface area contributed by atoms with Crippen LogP contribution in [0.25, 0.3) is 11.1 Å². The van der Waals surface area contributed by atoms with Gasteiger partial charge >= 0.3 is 0 Å². The van der Waals surface area contributed by atoms with E-state index < -0.39 is 0 Å². The monoisotopic (exact) mass is 353 g/mol. The molecule has 1 aromatic heterocycles. The van der Waals surface area contributed by atoms with Crippen LogP contribution >= 0.6 is 0 Å². The Labute approximate surface area is 158 Å². The lowest BCUT2D eigenvalue weighted by Crippen LogP contribution is -2.13. The Kier molecular flexibility index (Phi) is 4.79. The van der Waals surface area contributed by atoms with Crippen molar-refractivity contribution in [3.63, 3.8) is 0 Å². The third kappa shape index (κ3) is 3.96. The summed E-state index contributed by atoms with van der Waals surface area (Å²) in [5.74, 6) is -0.120. The highest BCUT2D eigenvalue weighted by molar-refractivity contribution is 6.08. The van der Waals surface area contributed by atoms with Crippen molar-refractivity contribution in [2.45, 2.75) is 6.54 Å². The topological polar surface area (TPSA) is 46.9 Å². The van der Waals surface area contributed by atoms with Gasteiger partial charge < -0.3 is 5.32 Å². The summed E-state index contributed by atoms with van der Waals surface area (Å²) in [6, 6.07) is 27.3. The van der Waals surface area contributed by atoms with Crippen molar-refractivity contribution in [2.24, 2.45) is 0 Å². The minimum absolute atomic E-state index is 0.120. The molecule has 3 aromatic carbocycles. The molecule has 4 rings (SSSR count). The van der Waals surface area contributed by atoms with E-state index in [9.17, 15) is 4.79 Å². The number of nitrogens with zero attached hydrogens (tertiary/aromatic N) is 2. The van der Waals surface area contributed by atoms with Gasteiger partial charge in [-0.25, -0.2) is 0 Å². The fraction of sp³-hybridized carbons (Fsp3) is 0.0435. The molecule has 0 aliphatic carbocycles. The average Bonchev–Trinajstić information content (AvgIpc) is 3.22. The lowest BCUT2D eigenvalue weighted by Gasteiger charge is -2.11. The number of carbonyl (C=O) groups is 1. The lowest BCUT2D eigenvalue weighted by atomic mass is 9.99. The summed E-state index contributed by atoms with van der Waals surface area (Å²) in [6.07, 6.45) is 3.67. The Morgan fingerprint density at radius 1 is 0.889 bits per heavy atom. The fourth-order valence-electron chi connectivity index (χ4n) is 3.08. The highest BCUT2D eigenvalue weighted by Gasteiger charge is 2.12. The highest BCUT2D eigenvalue weighted by atomic mass is 16.1. The largest absolute Gasteiger partial charge is 0.322 e. The van der Waals surface area contributed by atoms with Gasteiger partial charge in [-0.2, -0.15) is 5.10 Å². The SMILES string of the molecule is O=C(Nc1cccc(Cn2cccn2)c1)c1ccccc1-c1ccccc1. The van der Waals surface area contributed by atoms with Gasteiger partial charge in [0.15, 0.2) is 0 Å². The number of hydrogen-bond donors (Lipinski definition) is 1. The van der Waals surface area contributed by atoms with Crippen molar-refractivity contribution >= 4 is 11.6 Å². The van der Waals surface area contributed by atoms with Crippen molar-refractivity contribution in [1.29, 1.82) is 0 Å². The molecule has 0 fully saturated rings. The van der Waals surface area contributed by atoms with Crippen molar-refractivity contribution in [3.05, 3.63) is 108 Å². The number of rotatable bonds is 5. The second-order valence-corrected chi connectivity index (χ2v) is 6.27. The number of anilines is 1. The standard InChI is InChI=1S/C23H19N3O/c27-23(22-13-5-4-12-21(22)19-9-2-1-3-10-19)25-20-11-6-8-18(16-20)17-26-15-7-14-24-26/h1-16H,17H2,(H,25,27). The minimum Gasteiger partial charge on any atom is -0.322 e. The molecule has 4 aromatic rings. The second kappa shape index (κ2) is 7.70. The first-order chi connectivity index (χ1) is 13.3. The van der Waals surface area contributed by atoms with E-state index in [1.165, 1.54) is 0 Å². The van der Waals surface area contributed by atoms with Crippen LogP contribution in [0.5, 0.6) is 0 Å². The van der Waals surface area contributed by atoms with Gasteiger partial charge in [0.05, 0.1) is 6.54 Å². The van der Waals surface area contributed by atoms with Gasteiger partial charge in [0.25, 0.3) is 5.91 Å². The molecule has 0 aliphatic rings. The second-order valence-electron chi connectivity index (χ2n) is 6.27. The van der Waals surface area contributed by atoms with E-state index in [4.69, 9.17) is 0 Å². The predicted octanol–water partition coefficient (Wildman–Crippen LogP) is 4.85. The van der Waals surface area contributed by atoms with Crippen LogP contribution in [0.2, 0.25) is 0 Å². The fourth-order valence-corrected chi connectivity index (χ4v) is 3.08. The number of benzene rings is 3. The molecule has 1 amide bonds. The first-order valence-electron chi connectivity index (χ1n) is 8.82. The summed E-state index contributed by atoms with van der Waals surface area (Å²) in [5.41, 5.74) is 4.44. The van der Waals surface area contributed by atoms with E-state index in [0.717, 1.165) is 22.4 Å². The van der Waals surface area contributed by atoms with Crippen molar-refractivity contribution < 1.29 is 4.79 Å². The zero-order valence-corrected chi connectivity index (χ0v) is 14.7.